The van der Waals surface area contributed by atoms with Gasteiger partial charge in [-0.1, -0.05) is 44.2 Å². The van der Waals surface area contributed by atoms with E-state index in [0.717, 1.165) is 36.2 Å². The molecule has 108 valence electrons. The summed E-state index contributed by atoms with van der Waals surface area (Å²) in [4.78, 5) is 17.2. The van der Waals surface area contributed by atoms with Crippen LogP contribution in [0.3, 0.4) is 0 Å². The van der Waals surface area contributed by atoms with Crippen LogP contribution in [0.4, 0.5) is 0 Å². The van der Waals surface area contributed by atoms with Crippen molar-refractivity contribution in [3.05, 3.63) is 65.0 Å². The Hall–Kier alpha value is -1.96. The molecule has 0 saturated carbocycles. The summed E-state index contributed by atoms with van der Waals surface area (Å²) in [5.74, 6) is 0.831. The van der Waals surface area contributed by atoms with Crippen molar-refractivity contribution in [1.82, 2.24) is 4.98 Å². The van der Waals surface area contributed by atoms with Gasteiger partial charge in [-0.15, -0.1) is 0 Å². The second kappa shape index (κ2) is 5.80. The smallest absolute Gasteiger partial charge is 0.167 e. The number of nitrogens with zero attached hydrogens (tertiary/aromatic N) is 1. The van der Waals surface area contributed by atoms with E-state index in [1.165, 1.54) is 5.56 Å². The number of carbonyl (C=O) groups is 1. The summed E-state index contributed by atoms with van der Waals surface area (Å²) < 4.78 is 0. The van der Waals surface area contributed by atoms with Crippen molar-refractivity contribution in [2.24, 2.45) is 5.92 Å². The van der Waals surface area contributed by atoms with Gasteiger partial charge in [-0.05, 0) is 36.5 Å². The zero-order valence-corrected chi connectivity index (χ0v) is 12.7. The molecule has 0 fully saturated rings. The van der Waals surface area contributed by atoms with Gasteiger partial charge in [0.15, 0.2) is 5.78 Å². The number of carbonyl (C=O) groups excluding carboxylic acids is 1. The Kier molecular flexibility index (Phi) is 3.87. The number of ketones is 1. The molecule has 2 nitrogen and oxygen atoms in total. The standard InChI is InChI=1S/C19H21NO/c1-3-15-11-13(2)18-17(19(15)21)10-9-16(20-18)12-14-7-5-4-6-8-14/h4-10,13,15H,3,11-12H2,1-2H3. The molecule has 0 N–H and O–H groups in total. The molecule has 1 aliphatic carbocycles. The minimum atomic E-state index is 0.175. The minimum Gasteiger partial charge on any atom is -0.294 e. The molecule has 0 bridgehead atoms. The summed E-state index contributed by atoms with van der Waals surface area (Å²) >= 11 is 0. The van der Waals surface area contributed by atoms with Gasteiger partial charge < -0.3 is 0 Å². The molecular formula is C19H21NO. The fourth-order valence-corrected chi connectivity index (χ4v) is 3.22. The molecule has 2 atom stereocenters. The lowest BCUT2D eigenvalue weighted by atomic mass is 9.78. The maximum Gasteiger partial charge on any atom is 0.167 e. The lowest BCUT2D eigenvalue weighted by molar-refractivity contribution is 0.0889. The molecule has 2 aromatic rings. The Bertz CT molecular complexity index is 648. The molecule has 2 heteroatoms. The number of Topliss-reactive ketones (excluding diaryl/α,β-unsaturated/α-hetero) is 1. The lowest BCUT2D eigenvalue weighted by Crippen LogP contribution is -2.25. The van der Waals surface area contributed by atoms with Crippen molar-refractivity contribution < 1.29 is 4.79 Å². The van der Waals surface area contributed by atoms with Crippen molar-refractivity contribution in [2.45, 2.75) is 39.0 Å². The van der Waals surface area contributed by atoms with E-state index < -0.39 is 0 Å². The SMILES string of the molecule is CCC1CC(C)c2nc(Cc3ccccc3)ccc2C1=O. The Balaban J connectivity index is 1.91. The molecule has 0 radical (unpaired) electrons. The van der Waals surface area contributed by atoms with Gasteiger partial charge in [0.05, 0.1) is 5.69 Å². The number of fused-ring (bicyclic) bond motifs is 1. The molecule has 0 saturated heterocycles. The summed E-state index contributed by atoms with van der Waals surface area (Å²) in [5, 5.41) is 0. The van der Waals surface area contributed by atoms with Crippen LogP contribution in [-0.2, 0) is 6.42 Å². The minimum absolute atomic E-state index is 0.175. The van der Waals surface area contributed by atoms with Crippen LogP contribution in [0.25, 0.3) is 0 Å². The highest BCUT2D eigenvalue weighted by Gasteiger charge is 2.31. The van der Waals surface area contributed by atoms with E-state index >= 15 is 0 Å². The molecule has 1 aromatic carbocycles. The summed E-state index contributed by atoms with van der Waals surface area (Å²) in [7, 11) is 0. The lowest BCUT2D eigenvalue weighted by Gasteiger charge is -2.27. The van der Waals surface area contributed by atoms with Gasteiger partial charge in [-0.25, -0.2) is 0 Å². The van der Waals surface area contributed by atoms with Crippen LogP contribution in [0, 0.1) is 5.92 Å². The Morgan fingerprint density at radius 3 is 2.62 bits per heavy atom. The number of hydrogen-bond donors (Lipinski definition) is 0. The van der Waals surface area contributed by atoms with Crippen LogP contribution in [0.15, 0.2) is 42.5 Å². The maximum atomic E-state index is 12.4. The third kappa shape index (κ3) is 2.76. The number of benzene rings is 1. The quantitative estimate of drug-likeness (QED) is 0.834. The number of rotatable bonds is 3. The number of hydrogen-bond acceptors (Lipinski definition) is 2. The summed E-state index contributed by atoms with van der Waals surface area (Å²) in [6.45, 7) is 4.28. The average molecular weight is 279 g/mol. The van der Waals surface area contributed by atoms with Crippen LogP contribution in [0.5, 0.6) is 0 Å². The van der Waals surface area contributed by atoms with E-state index in [2.05, 4.69) is 26.0 Å². The Labute approximate surface area is 126 Å². The summed E-state index contributed by atoms with van der Waals surface area (Å²) in [6, 6.07) is 14.3. The van der Waals surface area contributed by atoms with Crippen molar-refractivity contribution in [3.8, 4) is 0 Å². The van der Waals surface area contributed by atoms with Gasteiger partial charge in [0.25, 0.3) is 0 Å². The van der Waals surface area contributed by atoms with Gasteiger partial charge in [-0.3, -0.25) is 9.78 Å². The highest BCUT2D eigenvalue weighted by Crippen LogP contribution is 2.35. The summed E-state index contributed by atoms with van der Waals surface area (Å²) in [6.07, 6.45) is 2.69. The van der Waals surface area contributed by atoms with Gasteiger partial charge >= 0.3 is 0 Å². The maximum absolute atomic E-state index is 12.4. The highest BCUT2D eigenvalue weighted by atomic mass is 16.1. The Morgan fingerprint density at radius 1 is 1.14 bits per heavy atom. The molecule has 21 heavy (non-hydrogen) atoms. The van der Waals surface area contributed by atoms with E-state index in [-0.39, 0.29) is 11.7 Å². The van der Waals surface area contributed by atoms with Gasteiger partial charge in [0, 0.05) is 23.6 Å². The van der Waals surface area contributed by atoms with Crippen LogP contribution < -0.4 is 0 Å². The first-order valence-corrected chi connectivity index (χ1v) is 7.77. The molecular weight excluding hydrogens is 258 g/mol. The highest BCUT2D eigenvalue weighted by molar-refractivity contribution is 6.00. The fraction of sp³-hybridized carbons (Fsp3) is 0.368. The van der Waals surface area contributed by atoms with Gasteiger partial charge in [0.2, 0.25) is 0 Å². The van der Waals surface area contributed by atoms with E-state index in [0.29, 0.717) is 5.92 Å². The van der Waals surface area contributed by atoms with Crippen LogP contribution in [0.1, 0.15) is 59.9 Å². The van der Waals surface area contributed by atoms with Gasteiger partial charge in [0.1, 0.15) is 0 Å². The molecule has 0 aliphatic heterocycles. The molecule has 0 spiro atoms. The Morgan fingerprint density at radius 2 is 1.90 bits per heavy atom. The molecule has 3 rings (SSSR count). The van der Waals surface area contributed by atoms with Crippen molar-refractivity contribution in [1.29, 1.82) is 0 Å². The second-order valence-electron chi connectivity index (χ2n) is 6.00. The molecule has 0 amide bonds. The normalized spacial score (nSPS) is 21.1. The van der Waals surface area contributed by atoms with E-state index in [9.17, 15) is 4.79 Å². The first-order chi connectivity index (χ1) is 10.2. The van der Waals surface area contributed by atoms with Crippen LogP contribution in [0.2, 0.25) is 0 Å². The topological polar surface area (TPSA) is 30.0 Å². The molecule has 1 aliphatic rings. The first kappa shape index (κ1) is 14.0. The predicted molar refractivity (Wildman–Crippen MR) is 84.6 cm³/mol. The monoisotopic (exact) mass is 279 g/mol. The van der Waals surface area contributed by atoms with Crippen LogP contribution in [-0.4, -0.2) is 10.8 Å². The first-order valence-electron chi connectivity index (χ1n) is 7.77. The molecule has 2 unspecified atom stereocenters. The van der Waals surface area contributed by atoms with Crippen molar-refractivity contribution in [3.63, 3.8) is 0 Å². The van der Waals surface area contributed by atoms with Crippen molar-refractivity contribution >= 4 is 5.78 Å². The van der Waals surface area contributed by atoms with Crippen molar-refractivity contribution in [2.75, 3.05) is 0 Å². The largest absolute Gasteiger partial charge is 0.294 e. The fourth-order valence-electron chi connectivity index (χ4n) is 3.22. The van der Waals surface area contributed by atoms with E-state index in [1.807, 2.05) is 30.3 Å². The zero-order chi connectivity index (χ0) is 14.8. The third-order valence-corrected chi connectivity index (χ3v) is 4.44. The predicted octanol–water partition coefficient (Wildman–Crippen LogP) is 4.39. The summed E-state index contributed by atoms with van der Waals surface area (Å²) in [5.41, 5.74) is 4.15. The third-order valence-electron chi connectivity index (χ3n) is 4.44. The molecule has 1 aromatic heterocycles. The average Bonchev–Trinajstić information content (AvgIpc) is 2.52. The van der Waals surface area contributed by atoms with E-state index in [1.54, 1.807) is 0 Å². The van der Waals surface area contributed by atoms with Gasteiger partial charge in [-0.2, -0.15) is 0 Å². The number of pyridine rings is 1. The zero-order valence-electron chi connectivity index (χ0n) is 12.7. The molecule has 1 heterocycles. The van der Waals surface area contributed by atoms with Crippen LogP contribution >= 0.6 is 0 Å². The van der Waals surface area contributed by atoms with E-state index in [4.69, 9.17) is 4.98 Å². The number of aromatic nitrogens is 1. The second-order valence-corrected chi connectivity index (χ2v) is 6.00.